The third kappa shape index (κ3) is 4.65. The summed E-state index contributed by atoms with van der Waals surface area (Å²) >= 11 is 6.55. The summed E-state index contributed by atoms with van der Waals surface area (Å²) in [6.07, 6.45) is -4.46. The molecule has 0 aliphatic carbocycles. The number of likely N-dealkylation sites (N-methyl/N-ethyl adjacent to an activating group) is 1. The number of sulfonamides is 1. The van der Waals surface area contributed by atoms with Crippen molar-refractivity contribution in [3.05, 3.63) is 34.2 Å². The van der Waals surface area contributed by atoms with Gasteiger partial charge in [-0.2, -0.15) is 13.2 Å². The Bertz CT molecular complexity index is 960. The number of nitrogen functional groups attached to an aromatic ring is 1. The molecule has 2 heterocycles. The van der Waals surface area contributed by atoms with E-state index in [0.29, 0.717) is 19.5 Å². The molecular formula is C16H17ClF3N3O3S2. The number of anilines is 2. The van der Waals surface area contributed by atoms with Crippen LogP contribution in [0.3, 0.4) is 0 Å². The average Bonchev–Trinajstić information content (AvgIpc) is 3.12. The Hall–Kier alpha value is -1.69. The summed E-state index contributed by atoms with van der Waals surface area (Å²) in [5, 5.41) is 0. The highest BCUT2D eigenvalue weighted by molar-refractivity contribution is 7.94. The summed E-state index contributed by atoms with van der Waals surface area (Å²) in [4.78, 5) is 1.94. The van der Waals surface area contributed by atoms with Crippen LogP contribution in [0.1, 0.15) is 12.0 Å². The van der Waals surface area contributed by atoms with E-state index in [4.69, 9.17) is 22.1 Å². The molecule has 0 unspecified atom stereocenters. The second-order valence-corrected chi connectivity index (χ2v) is 9.96. The van der Waals surface area contributed by atoms with Crippen molar-refractivity contribution in [3.63, 3.8) is 0 Å². The molecule has 0 spiro atoms. The van der Waals surface area contributed by atoms with Crippen molar-refractivity contribution in [2.45, 2.75) is 22.9 Å². The quantitative estimate of drug-likeness (QED) is 0.714. The van der Waals surface area contributed by atoms with Crippen LogP contribution in [-0.2, 0) is 16.2 Å². The number of nitrogens with two attached hydrogens (primary N) is 1. The lowest BCUT2D eigenvalue weighted by Crippen LogP contribution is -2.23. The van der Waals surface area contributed by atoms with Gasteiger partial charge >= 0.3 is 6.18 Å². The zero-order chi connectivity index (χ0) is 20.7. The maximum Gasteiger partial charge on any atom is 0.419 e. The fourth-order valence-electron chi connectivity index (χ4n) is 2.79. The maximum atomic E-state index is 13.3. The molecular weight excluding hydrogens is 439 g/mol. The number of thiophene rings is 1. The van der Waals surface area contributed by atoms with Gasteiger partial charge in [-0.3, -0.25) is 4.72 Å². The summed E-state index contributed by atoms with van der Waals surface area (Å²) in [7, 11) is -2.21. The van der Waals surface area contributed by atoms with Crippen molar-refractivity contribution in [2.24, 2.45) is 0 Å². The first kappa shape index (κ1) is 21.0. The number of likely N-dealkylation sites (tertiary alicyclic amines) is 1. The first-order valence-electron chi connectivity index (χ1n) is 8.10. The van der Waals surface area contributed by atoms with Crippen LogP contribution in [0.25, 0.3) is 0 Å². The van der Waals surface area contributed by atoms with E-state index in [1.165, 1.54) is 6.07 Å². The van der Waals surface area contributed by atoms with E-state index in [1.54, 1.807) is 0 Å². The van der Waals surface area contributed by atoms with Crippen LogP contribution in [0.15, 0.2) is 28.5 Å². The van der Waals surface area contributed by atoms with Gasteiger partial charge in [-0.05, 0) is 31.7 Å². The van der Waals surface area contributed by atoms with Crippen molar-refractivity contribution in [2.75, 3.05) is 30.6 Å². The standard InChI is InChI=1S/C16H17ClF3N3O3S2/c1-23-5-4-10(8-23)26-13-6-9(2-3-11(13)16(18,19)20)22-28(24,25)14-7-12(21)15(17)27-14/h2-3,6-7,10,22H,4-5,8,21H2,1H3/t10-/m1/s1. The van der Waals surface area contributed by atoms with E-state index in [0.717, 1.165) is 29.5 Å². The number of hydrogen-bond donors (Lipinski definition) is 2. The van der Waals surface area contributed by atoms with Gasteiger partial charge in [0.1, 0.15) is 20.4 Å². The van der Waals surface area contributed by atoms with E-state index in [-0.39, 0.29) is 19.9 Å². The summed E-state index contributed by atoms with van der Waals surface area (Å²) in [6.45, 7) is 1.19. The number of nitrogens with one attached hydrogen (secondary N) is 1. The van der Waals surface area contributed by atoms with Crippen LogP contribution in [-0.4, -0.2) is 39.6 Å². The lowest BCUT2D eigenvalue weighted by Gasteiger charge is -2.19. The second kappa shape index (κ2) is 7.62. The van der Waals surface area contributed by atoms with E-state index >= 15 is 0 Å². The van der Waals surface area contributed by atoms with Crippen molar-refractivity contribution < 1.29 is 26.3 Å². The molecule has 1 saturated heterocycles. The Morgan fingerprint density at radius 1 is 1.36 bits per heavy atom. The Morgan fingerprint density at radius 3 is 2.61 bits per heavy atom. The highest BCUT2D eigenvalue weighted by Crippen LogP contribution is 2.39. The lowest BCUT2D eigenvalue weighted by molar-refractivity contribution is -0.139. The summed E-state index contributed by atoms with van der Waals surface area (Å²) in [5.74, 6) is -0.420. The third-order valence-corrected chi connectivity index (χ3v) is 7.38. The molecule has 3 rings (SSSR count). The summed E-state index contributed by atoms with van der Waals surface area (Å²) < 4.78 is 72.7. The van der Waals surface area contributed by atoms with Gasteiger partial charge in [-0.1, -0.05) is 11.6 Å². The zero-order valence-corrected chi connectivity index (χ0v) is 17.0. The molecule has 0 saturated carbocycles. The smallest absolute Gasteiger partial charge is 0.419 e. The predicted molar refractivity (Wildman–Crippen MR) is 103 cm³/mol. The molecule has 1 aliphatic rings. The van der Waals surface area contributed by atoms with Crippen molar-refractivity contribution in [1.29, 1.82) is 0 Å². The lowest BCUT2D eigenvalue weighted by atomic mass is 10.1. The molecule has 12 heteroatoms. The van der Waals surface area contributed by atoms with E-state index in [1.807, 2.05) is 11.9 Å². The highest BCUT2D eigenvalue weighted by Gasteiger charge is 2.36. The minimum Gasteiger partial charge on any atom is -0.488 e. The van der Waals surface area contributed by atoms with E-state index in [9.17, 15) is 21.6 Å². The molecule has 0 bridgehead atoms. The van der Waals surface area contributed by atoms with Gasteiger partial charge in [0.15, 0.2) is 0 Å². The monoisotopic (exact) mass is 455 g/mol. The molecule has 0 radical (unpaired) electrons. The van der Waals surface area contributed by atoms with Gasteiger partial charge in [-0.15, -0.1) is 11.3 Å². The van der Waals surface area contributed by atoms with Crippen LogP contribution in [0.2, 0.25) is 4.34 Å². The second-order valence-electron chi connectivity index (χ2n) is 6.40. The van der Waals surface area contributed by atoms with Crippen LogP contribution >= 0.6 is 22.9 Å². The third-order valence-electron chi connectivity index (χ3n) is 4.14. The molecule has 1 atom stereocenters. The number of ether oxygens (including phenoxy) is 1. The fourth-order valence-corrected chi connectivity index (χ4v) is 5.40. The molecule has 2 aromatic rings. The predicted octanol–water partition coefficient (Wildman–Crippen LogP) is 3.89. The SMILES string of the molecule is CN1CC[C@@H](Oc2cc(NS(=O)(=O)c3cc(N)c(Cl)s3)ccc2C(F)(F)F)C1. The maximum absolute atomic E-state index is 13.3. The number of benzene rings is 1. The van der Waals surface area contributed by atoms with Gasteiger partial charge in [0, 0.05) is 19.2 Å². The molecule has 154 valence electrons. The van der Waals surface area contributed by atoms with E-state index < -0.39 is 33.6 Å². The highest BCUT2D eigenvalue weighted by atomic mass is 35.5. The molecule has 1 fully saturated rings. The first-order valence-corrected chi connectivity index (χ1v) is 10.8. The van der Waals surface area contributed by atoms with Crippen LogP contribution in [0, 0.1) is 0 Å². The first-order chi connectivity index (χ1) is 13.0. The Kier molecular flexibility index (Phi) is 5.72. The topological polar surface area (TPSA) is 84.7 Å². The molecule has 0 amide bonds. The zero-order valence-electron chi connectivity index (χ0n) is 14.6. The molecule has 3 N–H and O–H groups in total. The number of nitrogens with zero attached hydrogens (tertiary/aromatic N) is 1. The largest absolute Gasteiger partial charge is 0.488 e. The van der Waals surface area contributed by atoms with Gasteiger partial charge in [-0.25, -0.2) is 8.42 Å². The number of halogens is 4. The normalized spacial score (nSPS) is 18.4. The average molecular weight is 456 g/mol. The molecule has 1 aliphatic heterocycles. The van der Waals surface area contributed by atoms with Crippen molar-refractivity contribution in [3.8, 4) is 5.75 Å². The Labute approximate surface area is 169 Å². The van der Waals surface area contributed by atoms with Gasteiger partial charge in [0.05, 0.1) is 16.9 Å². The number of alkyl halides is 3. The number of hydrogen-bond acceptors (Lipinski definition) is 6. The fraction of sp³-hybridized carbons (Fsp3) is 0.375. The Morgan fingerprint density at radius 2 is 2.07 bits per heavy atom. The number of rotatable bonds is 5. The minimum atomic E-state index is -4.63. The van der Waals surface area contributed by atoms with E-state index in [2.05, 4.69) is 4.72 Å². The molecule has 6 nitrogen and oxygen atoms in total. The van der Waals surface area contributed by atoms with Crippen molar-refractivity contribution >= 4 is 44.3 Å². The molecule has 1 aromatic carbocycles. The van der Waals surface area contributed by atoms with Gasteiger partial charge < -0.3 is 15.4 Å². The summed E-state index contributed by atoms with van der Waals surface area (Å²) in [5.41, 5.74) is 4.65. The molecule has 1 aromatic heterocycles. The molecule has 28 heavy (non-hydrogen) atoms. The Balaban J connectivity index is 1.90. The minimum absolute atomic E-state index is 0.0579. The van der Waals surface area contributed by atoms with Crippen molar-refractivity contribution in [1.82, 2.24) is 4.90 Å². The van der Waals surface area contributed by atoms with Crippen LogP contribution in [0.4, 0.5) is 24.5 Å². The van der Waals surface area contributed by atoms with Gasteiger partial charge in [0.25, 0.3) is 10.0 Å². The summed E-state index contributed by atoms with van der Waals surface area (Å²) in [6, 6.07) is 4.05. The van der Waals surface area contributed by atoms with Gasteiger partial charge in [0.2, 0.25) is 0 Å². The van der Waals surface area contributed by atoms with Crippen LogP contribution in [0.5, 0.6) is 5.75 Å². The van der Waals surface area contributed by atoms with Crippen LogP contribution < -0.4 is 15.2 Å².